The van der Waals surface area contributed by atoms with Crippen LogP contribution in [0.3, 0.4) is 0 Å². The van der Waals surface area contributed by atoms with Crippen molar-refractivity contribution in [2.24, 2.45) is 0 Å². The van der Waals surface area contributed by atoms with E-state index in [-0.39, 0.29) is 5.54 Å². The van der Waals surface area contributed by atoms with Crippen LogP contribution < -0.4 is 10.6 Å². The Kier molecular flexibility index (Phi) is 3.22. The van der Waals surface area contributed by atoms with Gasteiger partial charge in [0.15, 0.2) is 0 Å². The molecule has 1 aliphatic heterocycles. The highest BCUT2D eigenvalue weighted by molar-refractivity contribution is 5.58. The molecule has 0 spiro atoms. The van der Waals surface area contributed by atoms with Gasteiger partial charge < -0.3 is 10.6 Å². The van der Waals surface area contributed by atoms with Crippen LogP contribution in [0, 0.1) is 0 Å². The van der Waals surface area contributed by atoms with E-state index in [2.05, 4.69) is 35.6 Å². The van der Waals surface area contributed by atoms with E-state index in [0.29, 0.717) is 5.82 Å². The maximum atomic E-state index is 5.99. The van der Waals surface area contributed by atoms with Gasteiger partial charge in [0.2, 0.25) is 0 Å². The fraction of sp³-hybridized carbons (Fsp3) is 0.692. The molecule has 1 aromatic rings. The second kappa shape index (κ2) is 4.51. The fourth-order valence-corrected chi connectivity index (χ4v) is 2.64. The number of nitrogens with zero attached hydrogens (tertiary/aromatic N) is 3. The summed E-state index contributed by atoms with van der Waals surface area (Å²) in [6.45, 7) is 7.77. The molecule has 4 heteroatoms. The zero-order chi connectivity index (χ0) is 12.5. The van der Waals surface area contributed by atoms with Crippen molar-refractivity contribution in [2.45, 2.75) is 52.0 Å². The average molecular weight is 234 g/mol. The molecule has 0 unspecified atom stereocenters. The third-order valence-corrected chi connectivity index (χ3v) is 3.61. The Hall–Kier alpha value is -1.32. The average Bonchev–Trinajstić information content (AvgIpc) is 2.61. The minimum atomic E-state index is 0.184. The van der Waals surface area contributed by atoms with Crippen molar-refractivity contribution in [3.63, 3.8) is 0 Å². The third-order valence-electron chi connectivity index (χ3n) is 3.61. The lowest BCUT2D eigenvalue weighted by atomic mass is 10.0. The monoisotopic (exact) mass is 234 g/mol. The number of anilines is 2. The van der Waals surface area contributed by atoms with E-state index >= 15 is 0 Å². The molecular weight excluding hydrogens is 212 g/mol. The van der Waals surface area contributed by atoms with E-state index in [9.17, 15) is 0 Å². The SMILES string of the molecule is CCCc1c(N)ncnc1N1CCCC1(C)C. The van der Waals surface area contributed by atoms with Gasteiger partial charge in [-0.2, -0.15) is 0 Å². The summed E-state index contributed by atoms with van der Waals surface area (Å²) in [6.07, 6.45) is 6.04. The van der Waals surface area contributed by atoms with Gasteiger partial charge in [-0.15, -0.1) is 0 Å². The topological polar surface area (TPSA) is 55.0 Å². The van der Waals surface area contributed by atoms with Gasteiger partial charge in [0, 0.05) is 17.6 Å². The summed E-state index contributed by atoms with van der Waals surface area (Å²) in [4.78, 5) is 11.0. The van der Waals surface area contributed by atoms with Gasteiger partial charge in [-0.25, -0.2) is 9.97 Å². The minimum Gasteiger partial charge on any atom is -0.383 e. The number of rotatable bonds is 3. The normalized spacial score (nSPS) is 18.6. The van der Waals surface area contributed by atoms with Crippen LogP contribution in [0.25, 0.3) is 0 Å². The first kappa shape index (κ1) is 12.1. The molecule has 2 heterocycles. The van der Waals surface area contributed by atoms with Crippen molar-refractivity contribution in [1.82, 2.24) is 9.97 Å². The Morgan fingerprint density at radius 3 is 2.76 bits per heavy atom. The number of hydrogen-bond donors (Lipinski definition) is 1. The summed E-state index contributed by atoms with van der Waals surface area (Å²) in [5.74, 6) is 1.68. The van der Waals surface area contributed by atoms with Gasteiger partial charge in [0.1, 0.15) is 18.0 Å². The highest BCUT2D eigenvalue weighted by Gasteiger charge is 2.34. The molecular formula is C13H22N4. The highest BCUT2D eigenvalue weighted by Crippen LogP contribution is 2.35. The third kappa shape index (κ3) is 2.21. The predicted molar refractivity (Wildman–Crippen MR) is 71.1 cm³/mol. The zero-order valence-electron chi connectivity index (χ0n) is 11.0. The second-order valence-corrected chi connectivity index (χ2v) is 5.38. The van der Waals surface area contributed by atoms with Crippen molar-refractivity contribution in [1.29, 1.82) is 0 Å². The molecule has 0 atom stereocenters. The number of aromatic nitrogens is 2. The lowest BCUT2D eigenvalue weighted by Crippen LogP contribution is -2.39. The summed E-state index contributed by atoms with van der Waals surface area (Å²) in [5.41, 5.74) is 7.29. The molecule has 2 rings (SSSR count). The second-order valence-electron chi connectivity index (χ2n) is 5.38. The molecule has 0 radical (unpaired) electrons. The Morgan fingerprint density at radius 1 is 1.41 bits per heavy atom. The number of hydrogen-bond acceptors (Lipinski definition) is 4. The lowest BCUT2D eigenvalue weighted by Gasteiger charge is -2.34. The summed E-state index contributed by atoms with van der Waals surface area (Å²) < 4.78 is 0. The van der Waals surface area contributed by atoms with E-state index in [0.717, 1.165) is 30.8 Å². The first-order valence-corrected chi connectivity index (χ1v) is 6.43. The standard InChI is InChI=1S/C13H22N4/c1-4-6-10-11(14)15-9-16-12(10)17-8-5-7-13(17,2)3/h9H,4-8H2,1-3H3,(H2,14,15,16). The van der Waals surface area contributed by atoms with E-state index in [1.165, 1.54) is 12.8 Å². The van der Waals surface area contributed by atoms with Gasteiger partial charge in [-0.3, -0.25) is 0 Å². The molecule has 0 aromatic carbocycles. The zero-order valence-corrected chi connectivity index (χ0v) is 11.0. The van der Waals surface area contributed by atoms with Crippen LogP contribution in [0.5, 0.6) is 0 Å². The van der Waals surface area contributed by atoms with Crippen LogP contribution in [0.1, 0.15) is 45.6 Å². The van der Waals surface area contributed by atoms with E-state index in [1.54, 1.807) is 6.33 Å². The van der Waals surface area contributed by atoms with E-state index < -0.39 is 0 Å². The van der Waals surface area contributed by atoms with Crippen molar-refractivity contribution < 1.29 is 0 Å². The number of nitrogen functional groups attached to an aromatic ring is 1. The first-order chi connectivity index (χ1) is 8.06. The summed E-state index contributed by atoms with van der Waals surface area (Å²) in [6, 6.07) is 0. The fourth-order valence-electron chi connectivity index (χ4n) is 2.64. The molecule has 1 saturated heterocycles. The smallest absolute Gasteiger partial charge is 0.137 e. The van der Waals surface area contributed by atoms with Crippen LogP contribution in [0.2, 0.25) is 0 Å². The van der Waals surface area contributed by atoms with Gasteiger partial charge in [0.05, 0.1) is 0 Å². The van der Waals surface area contributed by atoms with Crippen molar-refractivity contribution in [3.8, 4) is 0 Å². The van der Waals surface area contributed by atoms with E-state index in [4.69, 9.17) is 5.73 Å². The first-order valence-electron chi connectivity index (χ1n) is 6.43. The number of nitrogens with two attached hydrogens (primary N) is 1. The Balaban J connectivity index is 2.41. The summed E-state index contributed by atoms with van der Waals surface area (Å²) in [7, 11) is 0. The van der Waals surface area contributed by atoms with Crippen LogP contribution in [0.15, 0.2) is 6.33 Å². The predicted octanol–water partition coefficient (Wildman–Crippen LogP) is 2.39. The van der Waals surface area contributed by atoms with Crippen LogP contribution in [-0.2, 0) is 6.42 Å². The molecule has 0 aliphatic carbocycles. The molecule has 0 saturated carbocycles. The lowest BCUT2D eigenvalue weighted by molar-refractivity contribution is 0.512. The Bertz CT molecular complexity index is 400. The van der Waals surface area contributed by atoms with Gasteiger partial charge in [-0.05, 0) is 33.1 Å². The van der Waals surface area contributed by atoms with Crippen LogP contribution >= 0.6 is 0 Å². The molecule has 1 aliphatic rings. The van der Waals surface area contributed by atoms with Gasteiger partial charge in [0.25, 0.3) is 0 Å². The van der Waals surface area contributed by atoms with E-state index in [1.807, 2.05) is 0 Å². The van der Waals surface area contributed by atoms with Crippen molar-refractivity contribution in [2.75, 3.05) is 17.2 Å². The Morgan fingerprint density at radius 2 is 2.18 bits per heavy atom. The molecule has 1 aromatic heterocycles. The minimum absolute atomic E-state index is 0.184. The van der Waals surface area contributed by atoms with Gasteiger partial charge >= 0.3 is 0 Å². The Labute approximate surface area is 103 Å². The van der Waals surface area contributed by atoms with Crippen molar-refractivity contribution >= 4 is 11.6 Å². The molecule has 0 amide bonds. The quantitative estimate of drug-likeness (QED) is 0.872. The molecule has 0 bridgehead atoms. The molecule has 17 heavy (non-hydrogen) atoms. The van der Waals surface area contributed by atoms with Crippen LogP contribution in [0.4, 0.5) is 11.6 Å². The largest absolute Gasteiger partial charge is 0.383 e. The highest BCUT2D eigenvalue weighted by atomic mass is 15.3. The maximum Gasteiger partial charge on any atom is 0.137 e. The van der Waals surface area contributed by atoms with Crippen molar-refractivity contribution in [3.05, 3.63) is 11.9 Å². The summed E-state index contributed by atoms with van der Waals surface area (Å²) >= 11 is 0. The molecule has 4 nitrogen and oxygen atoms in total. The summed E-state index contributed by atoms with van der Waals surface area (Å²) in [5, 5.41) is 0. The molecule has 1 fully saturated rings. The molecule has 94 valence electrons. The molecule has 2 N–H and O–H groups in total. The van der Waals surface area contributed by atoms with Crippen LogP contribution in [-0.4, -0.2) is 22.1 Å². The maximum absolute atomic E-state index is 5.99. The van der Waals surface area contributed by atoms with Gasteiger partial charge in [-0.1, -0.05) is 13.3 Å².